The Hall–Kier alpha value is -2.34. The molecule has 1 amide bonds. The summed E-state index contributed by atoms with van der Waals surface area (Å²) < 4.78 is 1.72. The topological polar surface area (TPSA) is 59.8 Å². The van der Waals surface area contributed by atoms with E-state index in [1.54, 1.807) is 10.9 Å². The molecular formula is C16H16N4OS. The van der Waals surface area contributed by atoms with Crippen LogP contribution in [0.15, 0.2) is 42.7 Å². The second-order valence-electron chi connectivity index (χ2n) is 4.95. The van der Waals surface area contributed by atoms with Crippen molar-refractivity contribution in [1.82, 2.24) is 20.1 Å². The van der Waals surface area contributed by atoms with Crippen LogP contribution in [0.1, 0.15) is 10.4 Å². The van der Waals surface area contributed by atoms with E-state index in [0.717, 1.165) is 22.2 Å². The minimum atomic E-state index is -0.113. The van der Waals surface area contributed by atoms with Crippen LogP contribution in [0.5, 0.6) is 0 Å². The molecule has 0 fully saturated rings. The number of carbonyl (C=O) groups excluding carboxylic acids is 1. The van der Waals surface area contributed by atoms with Crippen LogP contribution in [-0.4, -0.2) is 33.0 Å². The summed E-state index contributed by atoms with van der Waals surface area (Å²) in [6.07, 6.45) is 3.62. The summed E-state index contributed by atoms with van der Waals surface area (Å²) in [5, 5.41) is 7.86. The van der Waals surface area contributed by atoms with Crippen LogP contribution in [0.2, 0.25) is 0 Å². The normalized spacial score (nSPS) is 10.8. The average Bonchev–Trinajstić information content (AvgIpc) is 2.98. The van der Waals surface area contributed by atoms with Gasteiger partial charge in [0.1, 0.15) is 0 Å². The van der Waals surface area contributed by atoms with E-state index in [1.165, 1.54) is 0 Å². The van der Waals surface area contributed by atoms with Gasteiger partial charge in [-0.05, 0) is 12.1 Å². The summed E-state index contributed by atoms with van der Waals surface area (Å²) in [5.41, 5.74) is 3.03. The Labute approximate surface area is 133 Å². The maximum atomic E-state index is 12.4. The Bertz CT molecular complexity index is 828. The summed E-state index contributed by atoms with van der Waals surface area (Å²) in [6.45, 7) is 0.529. The number of pyridine rings is 1. The van der Waals surface area contributed by atoms with Gasteiger partial charge in [-0.3, -0.25) is 9.48 Å². The van der Waals surface area contributed by atoms with Gasteiger partial charge in [0.2, 0.25) is 0 Å². The minimum absolute atomic E-state index is 0.113. The fourth-order valence-electron chi connectivity index (χ4n) is 2.33. The Morgan fingerprint density at radius 2 is 2.18 bits per heavy atom. The number of rotatable bonds is 4. The second-order valence-corrected chi connectivity index (χ2v) is 5.40. The van der Waals surface area contributed by atoms with E-state index in [1.807, 2.05) is 43.6 Å². The van der Waals surface area contributed by atoms with Crippen molar-refractivity contribution >= 4 is 29.4 Å². The summed E-state index contributed by atoms with van der Waals surface area (Å²) >= 11 is 4.12. The number of aromatic nitrogens is 3. The molecule has 3 rings (SSSR count). The number of nitrogens with zero attached hydrogens (tertiary/aromatic N) is 3. The first-order valence-corrected chi connectivity index (χ1v) is 7.60. The molecule has 0 unspecified atom stereocenters. The highest BCUT2D eigenvalue weighted by atomic mass is 32.1. The highest BCUT2D eigenvalue weighted by Gasteiger charge is 2.14. The first kappa shape index (κ1) is 14.6. The monoisotopic (exact) mass is 312 g/mol. The van der Waals surface area contributed by atoms with Crippen LogP contribution in [0.3, 0.4) is 0 Å². The van der Waals surface area contributed by atoms with Gasteiger partial charge in [0.05, 0.1) is 23.0 Å². The van der Waals surface area contributed by atoms with Crippen molar-refractivity contribution in [2.45, 2.75) is 0 Å². The lowest BCUT2D eigenvalue weighted by Crippen LogP contribution is -2.25. The highest BCUT2D eigenvalue weighted by Crippen LogP contribution is 2.24. The number of hydrogen-bond donors (Lipinski definition) is 2. The zero-order valence-corrected chi connectivity index (χ0v) is 13.0. The molecule has 1 N–H and O–H groups in total. The molecule has 1 aromatic carbocycles. The fourth-order valence-corrected chi connectivity index (χ4v) is 2.44. The van der Waals surface area contributed by atoms with Crippen molar-refractivity contribution in [3.05, 3.63) is 48.3 Å². The number of hydrogen-bond acceptors (Lipinski definition) is 4. The van der Waals surface area contributed by atoms with Crippen LogP contribution in [0, 0.1) is 0 Å². The third-order valence-electron chi connectivity index (χ3n) is 3.36. The molecule has 5 nitrogen and oxygen atoms in total. The predicted octanol–water partition coefficient (Wildman–Crippen LogP) is 2.29. The molecule has 0 aliphatic rings. The molecule has 0 radical (unpaired) electrons. The van der Waals surface area contributed by atoms with E-state index in [0.29, 0.717) is 17.9 Å². The number of thiol groups is 1. The van der Waals surface area contributed by atoms with Gasteiger partial charge < -0.3 is 5.32 Å². The van der Waals surface area contributed by atoms with Gasteiger partial charge >= 0.3 is 0 Å². The van der Waals surface area contributed by atoms with E-state index in [9.17, 15) is 4.79 Å². The molecule has 0 atom stereocenters. The van der Waals surface area contributed by atoms with Crippen molar-refractivity contribution in [1.29, 1.82) is 0 Å². The second kappa shape index (κ2) is 6.19. The summed E-state index contributed by atoms with van der Waals surface area (Å²) in [6, 6.07) is 9.45. The number of fused-ring (bicyclic) bond motifs is 1. The average molecular weight is 312 g/mol. The van der Waals surface area contributed by atoms with Crippen LogP contribution in [0.25, 0.3) is 22.2 Å². The lowest BCUT2D eigenvalue weighted by Gasteiger charge is -2.09. The molecule has 2 heterocycles. The van der Waals surface area contributed by atoms with Gasteiger partial charge in [-0.15, -0.1) is 0 Å². The third-order valence-corrected chi connectivity index (χ3v) is 3.58. The Kier molecular flexibility index (Phi) is 4.11. The molecule has 2 aromatic heterocycles. The van der Waals surface area contributed by atoms with Crippen molar-refractivity contribution in [2.75, 3.05) is 12.3 Å². The van der Waals surface area contributed by atoms with E-state index in [-0.39, 0.29) is 5.91 Å². The van der Waals surface area contributed by atoms with Gasteiger partial charge in [-0.1, -0.05) is 18.2 Å². The summed E-state index contributed by atoms with van der Waals surface area (Å²) in [4.78, 5) is 17.0. The third kappa shape index (κ3) is 2.82. The van der Waals surface area contributed by atoms with Crippen molar-refractivity contribution in [2.24, 2.45) is 7.05 Å². The van der Waals surface area contributed by atoms with Gasteiger partial charge in [0, 0.05) is 36.5 Å². The van der Waals surface area contributed by atoms with Crippen LogP contribution in [-0.2, 0) is 7.05 Å². The largest absolute Gasteiger partial charge is 0.351 e. The first-order valence-electron chi connectivity index (χ1n) is 6.97. The van der Waals surface area contributed by atoms with Crippen molar-refractivity contribution < 1.29 is 4.79 Å². The number of nitrogens with one attached hydrogen (secondary N) is 1. The van der Waals surface area contributed by atoms with Crippen LogP contribution >= 0.6 is 12.6 Å². The van der Waals surface area contributed by atoms with Crippen LogP contribution in [0.4, 0.5) is 0 Å². The molecule has 0 aliphatic carbocycles. The molecule has 22 heavy (non-hydrogen) atoms. The molecule has 0 aliphatic heterocycles. The van der Waals surface area contributed by atoms with E-state index in [4.69, 9.17) is 0 Å². The molecule has 0 saturated heterocycles. The van der Waals surface area contributed by atoms with Crippen LogP contribution < -0.4 is 5.32 Å². The van der Waals surface area contributed by atoms with E-state index < -0.39 is 0 Å². The maximum absolute atomic E-state index is 12.4. The standard InChI is InChI=1S/C16H16N4OS/c1-20-10-11(9-18-20)15-8-13(16(21)17-6-7-22)12-4-2-3-5-14(12)19-15/h2-5,8-10,22H,6-7H2,1H3,(H,17,21). The molecule has 0 spiro atoms. The summed E-state index contributed by atoms with van der Waals surface area (Å²) in [5.74, 6) is 0.488. The minimum Gasteiger partial charge on any atom is -0.351 e. The van der Waals surface area contributed by atoms with Gasteiger partial charge in [-0.2, -0.15) is 17.7 Å². The van der Waals surface area contributed by atoms with E-state index in [2.05, 4.69) is 28.0 Å². The number of aryl methyl sites for hydroxylation is 1. The van der Waals surface area contributed by atoms with Crippen molar-refractivity contribution in [3.8, 4) is 11.3 Å². The number of benzene rings is 1. The Balaban J connectivity index is 2.14. The number of para-hydroxylation sites is 1. The van der Waals surface area contributed by atoms with Gasteiger partial charge in [0.15, 0.2) is 0 Å². The lowest BCUT2D eigenvalue weighted by atomic mass is 10.1. The molecule has 112 valence electrons. The molecule has 3 aromatic rings. The van der Waals surface area contributed by atoms with Gasteiger partial charge in [0.25, 0.3) is 5.91 Å². The number of carbonyl (C=O) groups is 1. The summed E-state index contributed by atoms with van der Waals surface area (Å²) in [7, 11) is 1.85. The molecular weight excluding hydrogens is 296 g/mol. The SMILES string of the molecule is Cn1cc(-c2cc(C(=O)NCCS)c3ccccc3n2)cn1. The number of amides is 1. The fraction of sp³-hybridized carbons (Fsp3) is 0.188. The zero-order chi connectivity index (χ0) is 15.5. The lowest BCUT2D eigenvalue weighted by molar-refractivity contribution is 0.0958. The molecule has 0 bridgehead atoms. The first-order chi connectivity index (χ1) is 10.7. The Morgan fingerprint density at radius 1 is 1.36 bits per heavy atom. The van der Waals surface area contributed by atoms with Gasteiger partial charge in [-0.25, -0.2) is 4.98 Å². The smallest absolute Gasteiger partial charge is 0.252 e. The molecule has 0 saturated carbocycles. The van der Waals surface area contributed by atoms with Crippen molar-refractivity contribution in [3.63, 3.8) is 0 Å². The maximum Gasteiger partial charge on any atom is 0.252 e. The zero-order valence-electron chi connectivity index (χ0n) is 12.2. The predicted molar refractivity (Wildman–Crippen MR) is 90.1 cm³/mol. The highest BCUT2D eigenvalue weighted by molar-refractivity contribution is 7.80. The quantitative estimate of drug-likeness (QED) is 0.727. The molecule has 6 heteroatoms. The van der Waals surface area contributed by atoms with E-state index >= 15 is 0 Å². The Morgan fingerprint density at radius 3 is 2.91 bits per heavy atom.